The van der Waals surface area contributed by atoms with Crippen LogP contribution in [0.15, 0.2) is 73.8 Å². The molecule has 0 N–H and O–H groups in total. The van der Waals surface area contributed by atoms with E-state index >= 15 is 0 Å². The molecule has 4 unspecified atom stereocenters. The zero-order valence-corrected chi connectivity index (χ0v) is 18.3. The van der Waals surface area contributed by atoms with Gasteiger partial charge in [-0.15, -0.1) is 6.58 Å². The van der Waals surface area contributed by atoms with Gasteiger partial charge in [0, 0.05) is 0 Å². The van der Waals surface area contributed by atoms with Gasteiger partial charge in [-0.1, -0.05) is 61.5 Å². The summed E-state index contributed by atoms with van der Waals surface area (Å²) in [5, 5.41) is 0. The molecule has 2 aliphatic carbocycles. The second kappa shape index (κ2) is 10.2. The Balaban J connectivity index is 1.35. The van der Waals surface area contributed by atoms with E-state index < -0.39 is 0 Å². The number of ether oxygens (including phenoxy) is 1. The van der Waals surface area contributed by atoms with Crippen LogP contribution in [0.5, 0.6) is 5.75 Å². The highest BCUT2D eigenvalue weighted by Gasteiger charge is 2.35. The fraction of sp³-hybridized carbons (Fsp3) is 0.448. The van der Waals surface area contributed by atoms with Gasteiger partial charge in [-0.3, -0.25) is 0 Å². The van der Waals surface area contributed by atoms with Crippen LogP contribution in [0.2, 0.25) is 0 Å². The fourth-order valence-corrected chi connectivity index (χ4v) is 5.75. The topological polar surface area (TPSA) is 9.23 Å². The number of hydrogen-bond donors (Lipinski definition) is 0. The largest absolute Gasteiger partial charge is 0.490 e. The molecule has 0 spiro atoms. The summed E-state index contributed by atoms with van der Waals surface area (Å²) in [7, 11) is 0. The Morgan fingerprint density at radius 2 is 1.43 bits per heavy atom. The molecule has 4 rings (SSSR count). The van der Waals surface area contributed by atoms with Crippen LogP contribution in [0.3, 0.4) is 0 Å². The Bertz CT molecular complexity index is 816. The average Bonchev–Trinajstić information content (AvgIpc) is 2.81. The van der Waals surface area contributed by atoms with E-state index in [0.717, 1.165) is 29.4 Å². The zero-order valence-electron chi connectivity index (χ0n) is 18.3. The van der Waals surface area contributed by atoms with Crippen molar-refractivity contribution in [3.63, 3.8) is 0 Å². The quantitative estimate of drug-likeness (QED) is 0.406. The zero-order chi connectivity index (χ0) is 20.8. The minimum absolute atomic E-state index is 0.548. The molecule has 0 bridgehead atoms. The Morgan fingerprint density at radius 1 is 0.767 bits per heavy atom. The molecule has 158 valence electrons. The number of allylic oxidation sites excluding steroid dienone is 1. The van der Waals surface area contributed by atoms with Crippen molar-refractivity contribution in [2.75, 3.05) is 6.61 Å². The van der Waals surface area contributed by atoms with Gasteiger partial charge in [-0.05, 0) is 97.4 Å². The summed E-state index contributed by atoms with van der Waals surface area (Å²) >= 11 is 0. The molecular weight excluding hydrogens is 364 g/mol. The summed E-state index contributed by atoms with van der Waals surface area (Å²) in [6.07, 6.45) is 15.0. The minimum Gasteiger partial charge on any atom is -0.490 e. The lowest BCUT2D eigenvalue weighted by Crippen LogP contribution is -2.30. The van der Waals surface area contributed by atoms with Crippen molar-refractivity contribution in [1.82, 2.24) is 0 Å². The second-order valence-corrected chi connectivity index (χ2v) is 9.32. The van der Waals surface area contributed by atoms with Crippen molar-refractivity contribution in [1.29, 1.82) is 0 Å². The molecule has 2 saturated carbocycles. The first-order valence-electron chi connectivity index (χ1n) is 11.8. The van der Waals surface area contributed by atoms with Gasteiger partial charge >= 0.3 is 0 Å². The molecule has 0 aromatic heterocycles. The van der Waals surface area contributed by atoms with Gasteiger partial charge in [0.2, 0.25) is 0 Å². The predicted octanol–water partition coefficient (Wildman–Crippen LogP) is 8.18. The Kier molecular flexibility index (Phi) is 7.10. The lowest BCUT2D eigenvalue weighted by molar-refractivity contribution is 0.115. The average molecular weight is 401 g/mol. The van der Waals surface area contributed by atoms with Crippen LogP contribution in [0, 0.1) is 17.8 Å². The van der Waals surface area contributed by atoms with E-state index in [1.807, 2.05) is 12.1 Å². The van der Waals surface area contributed by atoms with Crippen molar-refractivity contribution >= 4 is 0 Å². The van der Waals surface area contributed by atoms with Crippen molar-refractivity contribution in [2.24, 2.45) is 17.8 Å². The molecule has 0 heterocycles. The molecule has 2 aromatic rings. The molecule has 1 heteroatoms. The maximum Gasteiger partial charge on any atom is 0.119 e. The summed E-state index contributed by atoms with van der Waals surface area (Å²) < 4.78 is 5.59. The molecule has 0 radical (unpaired) electrons. The third-order valence-corrected chi connectivity index (χ3v) is 7.44. The van der Waals surface area contributed by atoms with Crippen LogP contribution in [0.4, 0.5) is 0 Å². The predicted molar refractivity (Wildman–Crippen MR) is 128 cm³/mol. The second-order valence-electron chi connectivity index (χ2n) is 9.32. The molecule has 4 atom stereocenters. The lowest BCUT2D eigenvalue weighted by atomic mass is 9.63. The van der Waals surface area contributed by atoms with Gasteiger partial charge < -0.3 is 4.74 Å². The van der Waals surface area contributed by atoms with E-state index in [1.54, 1.807) is 6.08 Å². The van der Waals surface area contributed by atoms with E-state index in [-0.39, 0.29) is 0 Å². The minimum atomic E-state index is 0.548. The molecule has 0 amide bonds. The van der Waals surface area contributed by atoms with Gasteiger partial charge in [-0.2, -0.15) is 0 Å². The van der Waals surface area contributed by atoms with Crippen LogP contribution in [-0.4, -0.2) is 6.61 Å². The smallest absolute Gasteiger partial charge is 0.119 e. The highest BCUT2D eigenvalue weighted by molar-refractivity contribution is 5.64. The Labute approximate surface area is 182 Å². The summed E-state index contributed by atoms with van der Waals surface area (Å²) in [4.78, 5) is 0. The number of hydrogen-bond acceptors (Lipinski definition) is 1. The Hall–Kier alpha value is -2.28. The first-order chi connectivity index (χ1) is 14.8. The van der Waals surface area contributed by atoms with Crippen LogP contribution >= 0.6 is 0 Å². The van der Waals surface area contributed by atoms with Crippen molar-refractivity contribution in [2.45, 2.75) is 57.3 Å². The molecule has 30 heavy (non-hydrogen) atoms. The fourth-order valence-electron chi connectivity index (χ4n) is 5.75. The lowest BCUT2D eigenvalue weighted by Gasteiger charge is -2.42. The molecular formula is C29H36O. The first-order valence-corrected chi connectivity index (χ1v) is 11.8. The molecule has 2 aromatic carbocycles. The van der Waals surface area contributed by atoms with E-state index in [2.05, 4.69) is 55.6 Å². The number of rotatable bonds is 8. The van der Waals surface area contributed by atoms with Gasteiger partial charge in [-0.25, -0.2) is 0 Å². The van der Waals surface area contributed by atoms with Crippen LogP contribution in [-0.2, 0) is 0 Å². The summed E-state index contributed by atoms with van der Waals surface area (Å²) in [5.74, 6) is 4.53. The molecule has 2 aliphatic rings. The molecule has 2 fully saturated rings. The van der Waals surface area contributed by atoms with Gasteiger partial charge in [0.1, 0.15) is 12.4 Å². The van der Waals surface area contributed by atoms with Crippen LogP contribution in [0.1, 0.15) is 62.8 Å². The standard InChI is InChI=1S/C29H36O/c1-3-5-6-22-7-8-28-21-27(14-13-26(28)20-22)25-11-9-23(10-12-25)24-15-17-29(18-16-24)30-19-4-2/h3-4,9-12,15-18,22,26-28H,1-2,5-8,13-14,19-21H2. The Morgan fingerprint density at radius 3 is 2.13 bits per heavy atom. The molecule has 0 aliphatic heterocycles. The maximum absolute atomic E-state index is 5.59. The van der Waals surface area contributed by atoms with E-state index in [0.29, 0.717) is 6.61 Å². The SMILES string of the molecule is C=CCCC1CCC2CC(c3ccc(-c4ccc(OCC=C)cc4)cc3)CCC2C1. The maximum atomic E-state index is 5.59. The van der Waals surface area contributed by atoms with Crippen LogP contribution in [0.25, 0.3) is 11.1 Å². The monoisotopic (exact) mass is 400 g/mol. The number of benzene rings is 2. The molecule has 1 nitrogen and oxygen atoms in total. The summed E-state index contributed by atoms with van der Waals surface area (Å²) in [6.45, 7) is 8.15. The third-order valence-electron chi connectivity index (χ3n) is 7.44. The van der Waals surface area contributed by atoms with E-state index in [9.17, 15) is 0 Å². The van der Waals surface area contributed by atoms with Crippen molar-refractivity contribution < 1.29 is 4.74 Å². The van der Waals surface area contributed by atoms with Crippen molar-refractivity contribution in [3.8, 4) is 16.9 Å². The first kappa shape index (κ1) is 21.0. The van der Waals surface area contributed by atoms with Gasteiger partial charge in [0.25, 0.3) is 0 Å². The van der Waals surface area contributed by atoms with E-state index in [1.165, 1.54) is 68.1 Å². The highest BCUT2D eigenvalue weighted by Crippen LogP contribution is 2.48. The normalized spacial score (nSPS) is 25.9. The molecule has 0 saturated heterocycles. The third kappa shape index (κ3) is 5.06. The van der Waals surface area contributed by atoms with Crippen LogP contribution < -0.4 is 4.74 Å². The van der Waals surface area contributed by atoms with Gasteiger partial charge in [0.15, 0.2) is 0 Å². The van der Waals surface area contributed by atoms with Crippen molar-refractivity contribution in [3.05, 3.63) is 79.4 Å². The summed E-state index contributed by atoms with van der Waals surface area (Å²) in [5.41, 5.74) is 4.07. The van der Waals surface area contributed by atoms with Gasteiger partial charge in [0.05, 0.1) is 0 Å². The van der Waals surface area contributed by atoms with E-state index in [4.69, 9.17) is 4.74 Å². The highest BCUT2D eigenvalue weighted by atomic mass is 16.5. The number of fused-ring (bicyclic) bond motifs is 1. The summed E-state index contributed by atoms with van der Waals surface area (Å²) in [6, 6.07) is 17.7.